The summed E-state index contributed by atoms with van der Waals surface area (Å²) in [7, 11) is 0. The van der Waals surface area contributed by atoms with E-state index in [9.17, 15) is 0 Å². The van der Waals surface area contributed by atoms with Crippen LogP contribution in [0.15, 0.2) is 0 Å². The molecule has 0 saturated carbocycles. The molecule has 1 aliphatic rings. The summed E-state index contributed by atoms with van der Waals surface area (Å²) in [6.07, 6.45) is 4.08. The van der Waals surface area contributed by atoms with Crippen molar-refractivity contribution in [3.63, 3.8) is 0 Å². The molecule has 96 valence electrons. The minimum Gasteiger partial charge on any atom is -0.379 e. The highest BCUT2D eigenvalue weighted by Gasteiger charge is 2.26. The van der Waals surface area contributed by atoms with Crippen molar-refractivity contribution in [1.29, 1.82) is 0 Å². The largest absolute Gasteiger partial charge is 0.379 e. The van der Waals surface area contributed by atoms with Gasteiger partial charge in [-0.3, -0.25) is 0 Å². The first-order chi connectivity index (χ1) is 7.49. The van der Waals surface area contributed by atoms with Gasteiger partial charge in [-0.15, -0.1) is 0 Å². The molecule has 1 fully saturated rings. The van der Waals surface area contributed by atoms with E-state index in [0.717, 1.165) is 39.0 Å². The molecule has 0 aromatic rings. The summed E-state index contributed by atoms with van der Waals surface area (Å²) < 4.78 is 10.7. The third-order valence-corrected chi connectivity index (χ3v) is 3.00. The van der Waals surface area contributed by atoms with Gasteiger partial charge in [-0.25, -0.2) is 0 Å². The molecule has 0 aromatic carbocycles. The monoisotopic (exact) mass is 247 g/mol. The number of ether oxygens (including phenoxy) is 2. The van der Waals surface area contributed by atoms with E-state index in [1.54, 1.807) is 0 Å². The smallest absolute Gasteiger partial charge is 0.0934 e. The number of nitrogens with one attached hydrogen (secondary N) is 1. The fourth-order valence-corrected chi connectivity index (χ4v) is 1.75. The van der Waals surface area contributed by atoms with Crippen LogP contribution in [0, 0.1) is 0 Å². The summed E-state index contributed by atoms with van der Waals surface area (Å²) in [6.45, 7) is 8.94. The highest BCUT2D eigenvalue weighted by Crippen LogP contribution is 2.19. The van der Waals surface area contributed by atoms with E-state index in [-0.39, 0.29) is 4.87 Å². The Morgan fingerprint density at radius 3 is 2.75 bits per heavy atom. The Bertz CT molecular complexity index is 193. The summed E-state index contributed by atoms with van der Waals surface area (Å²) in [4.78, 5) is -0.0796. The number of unbranched alkanes of at least 4 members (excludes halogenated alkanes) is 1. The minimum absolute atomic E-state index is 0.0796. The number of epoxide rings is 1. The van der Waals surface area contributed by atoms with Crippen LogP contribution in [0.1, 0.15) is 40.0 Å². The van der Waals surface area contributed by atoms with Crippen molar-refractivity contribution in [3.8, 4) is 0 Å². The molecule has 1 rings (SSSR count). The van der Waals surface area contributed by atoms with Crippen LogP contribution in [0.3, 0.4) is 0 Å². The second kappa shape index (κ2) is 6.84. The quantitative estimate of drug-likeness (QED) is 0.284. The first-order valence-corrected chi connectivity index (χ1v) is 6.65. The zero-order chi connectivity index (χ0) is 12.0. The molecule has 1 aliphatic heterocycles. The van der Waals surface area contributed by atoms with Gasteiger partial charge in [0.25, 0.3) is 0 Å². The molecule has 1 saturated heterocycles. The molecule has 16 heavy (non-hydrogen) atoms. The van der Waals surface area contributed by atoms with Crippen LogP contribution in [0.5, 0.6) is 0 Å². The topological polar surface area (TPSA) is 33.8 Å². The zero-order valence-corrected chi connectivity index (χ0v) is 11.6. The standard InChI is InChI=1S/C12H25NO2S/c1-10(2)14-7-5-4-6-12(3,16)13-8-11-9-15-11/h10-11,13,16H,4-9H2,1-3H3. The summed E-state index contributed by atoms with van der Waals surface area (Å²) >= 11 is 4.62. The molecule has 0 spiro atoms. The van der Waals surface area contributed by atoms with Gasteiger partial charge in [-0.1, -0.05) is 0 Å². The highest BCUT2D eigenvalue weighted by molar-refractivity contribution is 7.81. The second-order valence-corrected chi connectivity index (χ2v) is 5.97. The fraction of sp³-hybridized carbons (Fsp3) is 1.00. The average Bonchev–Trinajstić information content (AvgIpc) is 2.97. The molecule has 0 amide bonds. The Kier molecular flexibility index (Phi) is 6.11. The van der Waals surface area contributed by atoms with E-state index in [4.69, 9.17) is 9.47 Å². The number of hydrogen-bond donors (Lipinski definition) is 2. The van der Waals surface area contributed by atoms with Crippen LogP contribution in [0.4, 0.5) is 0 Å². The molecule has 1 N–H and O–H groups in total. The minimum atomic E-state index is -0.0796. The maximum atomic E-state index is 5.50. The van der Waals surface area contributed by atoms with E-state index in [1.165, 1.54) is 0 Å². The Morgan fingerprint density at radius 1 is 1.50 bits per heavy atom. The molecule has 4 heteroatoms. The van der Waals surface area contributed by atoms with Crippen LogP contribution in [-0.4, -0.2) is 36.8 Å². The van der Waals surface area contributed by atoms with Crippen molar-refractivity contribution >= 4 is 12.6 Å². The van der Waals surface area contributed by atoms with Crippen molar-refractivity contribution in [2.75, 3.05) is 19.8 Å². The molecular weight excluding hydrogens is 222 g/mol. The lowest BCUT2D eigenvalue weighted by atomic mass is 10.1. The Morgan fingerprint density at radius 2 is 2.19 bits per heavy atom. The van der Waals surface area contributed by atoms with Crippen molar-refractivity contribution in [1.82, 2.24) is 5.32 Å². The lowest BCUT2D eigenvalue weighted by Gasteiger charge is -2.25. The Balaban J connectivity index is 1.96. The molecule has 2 atom stereocenters. The third kappa shape index (κ3) is 7.49. The molecular formula is C12H25NO2S. The Hall–Kier alpha value is 0.230. The maximum absolute atomic E-state index is 5.50. The number of thiol groups is 1. The van der Waals surface area contributed by atoms with E-state index >= 15 is 0 Å². The summed E-state index contributed by atoms with van der Waals surface area (Å²) in [6, 6.07) is 0. The second-order valence-electron chi connectivity index (χ2n) is 4.99. The predicted octanol–water partition coefficient (Wildman–Crippen LogP) is 2.22. The van der Waals surface area contributed by atoms with Gasteiger partial charge in [-0.05, 0) is 40.0 Å². The normalized spacial score (nSPS) is 23.4. The van der Waals surface area contributed by atoms with Crippen molar-refractivity contribution < 1.29 is 9.47 Å². The van der Waals surface area contributed by atoms with E-state index in [0.29, 0.717) is 12.2 Å². The van der Waals surface area contributed by atoms with Gasteiger partial charge in [0.1, 0.15) is 0 Å². The third-order valence-electron chi connectivity index (χ3n) is 2.62. The number of hydrogen-bond acceptors (Lipinski definition) is 4. The summed E-state index contributed by atoms with van der Waals surface area (Å²) in [5, 5.41) is 3.42. The van der Waals surface area contributed by atoms with Gasteiger partial charge in [0.15, 0.2) is 0 Å². The van der Waals surface area contributed by atoms with Crippen molar-refractivity contribution in [3.05, 3.63) is 0 Å². The summed E-state index contributed by atoms with van der Waals surface area (Å²) in [5.74, 6) is 0. The maximum Gasteiger partial charge on any atom is 0.0934 e. The summed E-state index contributed by atoms with van der Waals surface area (Å²) in [5.41, 5.74) is 0. The molecule has 3 nitrogen and oxygen atoms in total. The van der Waals surface area contributed by atoms with Crippen LogP contribution in [-0.2, 0) is 9.47 Å². The molecule has 1 heterocycles. The van der Waals surface area contributed by atoms with Gasteiger partial charge in [0.05, 0.1) is 23.7 Å². The van der Waals surface area contributed by atoms with E-state index in [1.807, 2.05) is 0 Å². The predicted molar refractivity (Wildman–Crippen MR) is 70.1 cm³/mol. The highest BCUT2D eigenvalue weighted by atomic mass is 32.1. The molecule has 0 radical (unpaired) electrons. The van der Waals surface area contributed by atoms with Gasteiger partial charge < -0.3 is 14.8 Å². The van der Waals surface area contributed by atoms with Crippen LogP contribution < -0.4 is 5.32 Å². The molecule has 2 unspecified atom stereocenters. The first-order valence-electron chi connectivity index (χ1n) is 6.20. The first kappa shape index (κ1) is 14.3. The molecule has 0 bridgehead atoms. The number of rotatable bonds is 9. The lowest BCUT2D eigenvalue weighted by Crippen LogP contribution is -2.39. The van der Waals surface area contributed by atoms with Gasteiger partial charge in [0.2, 0.25) is 0 Å². The molecule has 0 aromatic heterocycles. The van der Waals surface area contributed by atoms with Crippen LogP contribution >= 0.6 is 12.6 Å². The zero-order valence-electron chi connectivity index (χ0n) is 10.7. The van der Waals surface area contributed by atoms with Crippen LogP contribution in [0.25, 0.3) is 0 Å². The Labute approximate surface area is 105 Å². The lowest BCUT2D eigenvalue weighted by molar-refractivity contribution is 0.0752. The van der Waals surface area contributed by atoms with E-state index in [2.05, 4.69) is 38.7 Å². The van der Waals surface area contributed by atoms with Gasteiger partial charge in [-0.2, -0.15) is 12.6 Å². The van der Waals surface area contributed by atoms with Crippen LogP contribution in [0.2, 0.25) is 0 Å². The average molecular weight is 247 g/mol. The van der Waals surface area contributed by atoms with Gasteiger partial charge in [0, 0.05) is 13.2 Å². The fourth-order valence-electron chi connectivity index (χ4n) is 1.50. The van der Waals surface area contributed by atoms with E-state index < -0.39 is 0 Å². The van der Waals surface area contributed by atoms with Crippen molar-refractivity contribution in [2.24, 2.45) is 0 Å². The SMILES string of the molecule is CC(C)OCCCCC(C)(S)NCC1CO1. The van der Waals surface area contributed by atoms with Crippen molar-refractivity contribution in [2.45, 2.75) is 57.1 Å². The van der Waals surface area contributed by atoms with Gasteiger partial charge >= 0.3 is 0 Å². The molecule has 0 aliphatic carbocycles.